The molecule has 0 aliphatic carbocycles. The lowest BCUT2D eigenvalue weighted by Gasteiger charge is -2.04. The molecule has 0 bridgehead atoms. The van der Waals surface area contributed by atoms with E-state index >= 15 is 0 Å². The molecule has 0 spiro atoms. The van der Waals surface area contributed by atoms with Crippen LogP contribution in [0.25, 0.3) is 10.9 Å². The van der Waals surface area contributed by atoms with Gasteiger partial charge in [0.15, 0.2) is 0 Å². The van der Waals surface area contributed by atoms with E-state index < -0.39 is 0 Å². The van der Waals surface area contributed by atoms with Gasteiger partial charge in [-0.05, 0) is 18.9 Å². The maximum absolute atomic E-state index is 5.62. The predicted octanol–water partition coefficient (Wildman–Crippen LogP) is 3.45. The van der Waals surface area contributed by atoms with Crippen LogP contribution < -0.4 is 5.32 Å². The minimum atomic E-state index is 0.703. The Morgan fingerprint density at radius 1 is 1.12 bits per heavy atom. The van der Waals surface area contributed by atoms with Crippen molar-refractivity contribution in [2.45, 2.75) is 19.3 Å². The minimum absolute atomic E-state index is 0.703. The SMILES string of the molecule is ClCCCCCNc1ncc2ccccc2n1. The van der Waals surface area contributed by atoms with Gasteiger partial charge in [0, 0.05) is 24.0 Å². The molecule has 0 saturated heterocycles. The molecule has 90 valence electrons. The van der Waals surface area contributed by atoms with E-state index in [0.717, 1.165) is 42.6 Å². The number of halogens is 1. The van der Waals surface area contributed by atoms with E-state index in [9.17, 15) is 0 Å². The van der Waals surface area contributed by atoms with Crippen molar-refractivity contribution in [3.63, 3.8) is 0 Å². The van der Waals surface area contributed by atoms with Crippen LogP contribution in [0.4, 0.5) is 5.95 Å². The van der Waals surface area contributed by atoms with Crippen molar-refractivity contribution < 1.29 is 0 Å². The van der Waals surface area contributed by atoms with Gasteiger partial charge in [-0.1, -0.05) is 24.6 Å². The lowest BCUT2D eigenvalue weighted by atomic mass is 10.2. The summed E-state index contributed by atoms with van der Waals surface area (Å²) in [6, 6.07) is 7.99. The molecule has 0 fully saturated rings. The van der Waals surface area contributed by atoms with Crippen molar-refractivity contribution >= 4 is 28.5 Å². The van der Waals surface area contributed by atoms with E-state index in [1.54, 1.807) is 0 Å². The number of unbranched alkanes of at least 4 members (excludes halogenated alkanes) is 2. The standard InChI is InChI=1S/C13H16ClN3/c14-8-4-1-5-9-15-13-16-10-11-6-2-3-7-12(11)17-13/h2-3,6-7,10H,1,4-5,8-9H2,(H,15,16,17). The van der Waals surface area contributed by atoms with Crippen LogP contribution in [0, 0.1) is 0 Å². The first-order valence-electron chi connectivity index (χ1n) is 5.92. The molecule has 3 nitrogen and oxygen atoms in total. The average Bonchev–Trinajstić information content (AvgIpc) is 2.38. The van der Waals surface area contributed by atoms with E-state index in [4.69, 9.17) is 11.6 Å². The van der Waals surface area contributed by atoms with Crippen LogP contribution in [-0.4, -0.2) is 22.4 Å². The number of benzene rings is 1. The number of alkyl halides is 1. The summed E-state index contributed by atoms with van der Waals surface area (Å²) in [5.41, 5.74) is 0.978. The number of hydrogen-bond donors (Lipinski definition) is 1. The van der Waals surface area contributed by atoms with E-state index in [0.29, 0.717) is 5.95 Å². The summed E-state index contributed by atoms with van der Waals surface area (Å²) in [6.45, 7) is 0.898. The first kappa shape index (κ1) is 12.1. The van der Waals surface area contributed by atoms with Crippen molar-refractivity contribution in [1.29, 1.82) is 0 Å². The highest BCUT2D eigenvalue weighted by Gasteiger charge is 1.98. The second-order valence-electron chi connectivity index (χ2n) is 3.93. The Labute approximate surface area is 106 Å². The van der Waals surface area contributed by atoms with Crippen LogP contribution in [0.1, 0.15) is 19.3 Å². The molecule has 0 radical (unpaired) electrons. The summed E-state index contributed by atoms with van der Waals surface area (Å²) in [7, 11) is 0. The number of nitrogens with zero attached hydrogens (tertiary/aromatic N) is 2. The quantitative estimate of drug-likeness (QED) is 0.629. The number of aromatic nitrogens is 2. The van der Waals surface area contributed by atoms with E-state index in [1.165, 1.54) is 0 Å². The number of rotatable bonds is 6. The highest BCUT2D eigenvalue weighted by Crippen LogP contribution is 2.11. The first-order chi connectivity index (χ1) is 8.40. The molecule has 17 heavy (non-hydrogen) atoms. The molecule has 0 aliphatic heterocycles. The molecule has 0 atom stereocenters. The normalized spacial score (nSPS) is 10.6. The topological polar surface area (TPSA) is 37.8 Å². The molecule has 1 aromatic heterocycles. The van der Waals surface area contributed by atoms with Crippen molar-refractivity contribution in [2.24, 2.45) is 0 Å². The zero-order chi connectivity index (χ0) is 11.9. The Morgan fingerprint density at radius 3 is 2.88 bits per heavy atom. The summed E-state index contributed by atoms with van der Waals surface area (Å²) in [5.74, 6) is 1.45. The van der Waals surface area contributed by atoms with Gasteiger partial charge in [-0.2, -0.15) is 0 Å². The van der Waals surface area contributed by atoms with Crippen LogP contribution >= 0.6 is 11.6 Å². The van der Waals surface area contributed by atoms with Crippen LogP contribution in [-0.2, 0) is 0 Å². The van der Waals surface area contributed by atoms with Gasteiger partial charge >= 0.3 is 0 Å². The average molecular weight is 250 g/mol. The fourth-order valence-electron chi connectivity index (χ4n) is 1.65. The fraction of sp³-hybridized carbons (Fsp3) is 0.385. The Morgan fingerprint density at radius 2 is 2.00 bits per heavy atom. The minimum Gasteiger partial charge on any atom is -0.354 e. The summed E-state index contributed by atoms with van der Waals surface area (Å²) in [4.78, 5) is 8.72. The zero-order valence-electron chi connectivity index (χ0n) is 9.69. The van der Waals surface area contributed by atoms with E-state index in [1.807, 2.05) is 30.5 Å². The Kier molecular flexibility index (Phi) is 4.56. The second-order valence-corrected chi connectivity index (χ2v) is 4.31. The largest absolute Gasteiger partial charge is 0.354 e. The maximum Gasteiger partial charge on any atom is 0.223 e. The highest BCUT2D eigenvalue weighted by molar-refractivity contribution is 6.17. The molecule has 2 aromatic rings. The van der Waals surface area contributed by atoms with E-state index in [2.05, 4.69) is 15.3 Å². The van der Waals surface area contributed by atoms with Gasteiger partial charge < -0.3 is 5.32 Å². The van der Waals surface area contributed by atoms with Gasteiger partial charge in [-0.15, -0.1) is 11.6 Å². The van der Waals surface area contributed by atoms with Crippen molar-refractivity contribution in [3.05, 3.63) is 30.5 Å². The molecule has 0 unspecified atom stereocenters. The smallest absolute Gasteiger partial charge is 0.223 e. The summed E-state index contributed by atoms with van der Waals surface area (Å²) in [6.07, 6.45) is 5.16. The van der Waals surface area contributed by atoms with Gasteiger partial charge in [0.05, 0.1) is 5.52 Å². The van der Waals surface area contributed by atoms with E-state index in [-0.39, 0.29) is 0 Å². The van der Waals surface area contributed by atoms with Gasteiger partial charge in [0.1, 0.15) is 0 Å². The van der Waals surface area contributed by atoms with Gasteiger partial charge in [-0.25, -0.2) is 9.97 Å². The first-order valence-corrected chi connectivity index (χ1v) is 6.45. The molecular formula is C13H16ClN3. The lowest BCUT2D eigenvalue weighted by molar-refractivity contribution is 0.744. The molecule has 0 aliphatic rings. The Bertz CT molecular complexity index is 473. The fourth-order valence-corrected chi connectivity index (χ4v) is 1.84. The molecule has 0 saturated carbocycles. The van der Waals surface area contributed by atoms with Gasteiger partial charge in [0.2, 0.25) is 5.95 Å². The number of fused-ring (bicyclic) bond motifs is 1. The van der Waals surface area contributed by atoms with Crippen LogP contribution in [0.5, 0.6) is 0 Å². The monoisotopic (exact) mass is 249 g/mol. The third-order valence-electron chi connectivity index (χ3n) is 2.58. The number of nitrogens with one attached hydrogen (secondary N) is 1. The molecule has 1 aromatic carbocycles. The molecular weight excluding hydrogens is 234 g/mol. The van der Waals surface area contributed by atoms with Gasteiger partial charge in [0.25, 0.3) is 0 Å². The lowest BCUT2D eigenvalue weighted by Crippen LogP contribution is -2.05. The third kappa shape index (κ3) is 3.56. The summed E-state index contributed by atoms with van der Waals surface area (Å²) < 4.78 is 0. The van der Waals surface area contributed by atoms with Crippen molar-refractivity contribution in [3.8, 4) is 0 Å². The number of para-hydroxylation sites is 1. The summed E-state index contributed by atoms with van der Waals surface area (Å²) in [5, 5.41) is 4.30. The predicted molar refractivity (Wildman–Crippen MR) is 72.6 cm³/mol. The second kappa shape index (κ2) is 6.40. The van der Waals surface area contributed by atoms with Crippen molar-refractivity contribution in [2.75, 3.05) is 17.7 Å². The molecule has 4 heteroatoms. The van der Waals surface area contributed by atoms with Crippen LogP contribution in [0.15, 0.2) is 30.5 Å². The Hall–Kier alpha value is -1.35. The third-order valence-corrected chi connectivity index (χ3v) is 2.85. The van der Waals surface area contributed by atoms with Crippen molar-refractivity contribution in [1.82, 2.24) is 9.97 Å². The van der Waals surface area contributed by atoms with Crippen LogP contribution in [0.2, 0.25) is 0 Å². The zero-order valence-corrected chi connectivity index (χ0v) is 10.5. The molecule has 0 amide bonds. The van der Waals surface area contributed by atoms with Gasteiger partial charge in [-0.3, -0.25) is 0 Å². The van der Waals surface area contributed by atoms with Crippen LogP contribution in [0.3, 0.4) is 0 Å². The number of hydrogen-bond acceptors (Lipinski definition) is 3. The number of anilines is 1. The Balaban J connectivity index is 1.90. The maximum atomic E-state index is 5.62. The molecule has 2 rings (SSSR count). The molecule has 1 heterocycles. The highest BCUT2D eigenvalue weighted by atomic mass is 35.5. The summed E-state index contributed by atoms with van der Waals surface area (Å²) >= 11 is 5.62. The molecule has 1 N–H and O–H groups in total.